The lowest BCUT2D eigenvalue weighted by Gasteiger charge is -2.35. The van der Waals surface area contributed by atoms with Crippen LogP contribution in [0.3, 0.4) is 0 Å². The smallest absolute Gasteiger partial charge is 0.115 e. The maximum absolute atomic E-state index is 10.4. The Balaban J connectivity index is 0.850. The summed E-state index contributed by atoms with van der Waals surface area (Å²) in [6.45, 7) is 0.783. The van der Waals surface area contributed by atoms with Gasteiger partial charge in [0.2, 0.25) is 0 Å². The fraction of sp³-hybridized carbons (Fsp3) is 0.143. The van der Waals surface area contributed by atoms with Crippen LogP contribution in [0, 0.1) is 0 Å². The van der Waals surface area contributed by atoms with Gasteiger partial charge in [0, 0.05) is 0 Å². The van der Waals surface area contributed by atoms with E-state index >= 15 is 0 Å². The standard InChI is InChI=1S/C56H42O7/c57-37-23-15-33(16-24-37)55(34-17-25-38(58)26-18-34)47-13-3-1-7-41(47)43-9-5-11-45(51(43)55)53-49(62-53)31-61-32-50-54(63-50)46-12-6-10-44-42-8-2-4-14-48(42)56(52(44)46,35-19-27-39(59)28-20-35)36-21-29-40(60)30-22-36/h1-30,49-50,53-54,57-60H,31-32H2. The van der Waals surface area contributed by atoms with E-state index in [1.807, 2.05) is 48.5 Å². The third-order valence-electron chi connectivity index (χ3n) is 13.7. The molecule has 0 saturated carbocycles. The lowest BCUT2D eigenvalue weighted by molar-refractivity contribution is 0.102. The second-order valence-corrected chi connectivity index (χ2v) is 17.0. The summed E-state index contributed by atoms with van der Waals surface area (Å²) in [5, 5.41) is 41.6. The number of phenolic OH excluding ortho intramolecular Hbond substituents is 4. The monoisotopic (exact) mass is 826 g/mol. The average molecular weight is 827 g/mol. The number of phenols is 4. The topological polar surface area (TPSA) is 115 Å². The number of rotatable bonds is 10. The number of hydrogen-bond donors (Lipinski definition) is 4. The molecule has 0 spiro atoms. The predicted molar refractivity (Wildman–Crippen MR) is 240 cm³/mol. The van der Waals surface area contributed by atoms with Crippen LogP contribution >= 0.6 is 0 Å². The summed E-state index contributed by atoms with van der Waals surface area (Å²) in [6.07, 6.45) is -0.736. The maximum atomic E-state index is 10.4. The Labute approximate surface area is 364 Å². The van der Waals surface area contributed by atoms with E-state index in [2.05, 4.69) is 84.9 Å². The highest BCUT2D eigenvalue weighted by Gasteiger charge is 2.54. The van der Waals surface area contributed by atoms with Crippen molar-refractivity contribution in [3.8, 4) is 45.3 Å². The molecule has 4 aliphatic rings. The van der Waals surface area contributed by atoms with Crippen LogP contribution in [0.25, 0.3) is 22.3 Å². The van der Waals surface area contributed by atoms with Gasteiger partial charge in [-0.2, -0.15) is 0 Å². The van der Waals surface area contributed by atoms with E-state index in [9.17, 15) is 20.4 Å². The van der Waals surface area contributed by atoms with Gasteiger partial charge in [-0.1, -0.05) is 133 Å². The number of benzene rings is 8. The molecule has 2 saturated heterocycles. The lowest BCUT2D eigenvalue weighted by Crippen LogP contribution is -2.30. The molecule has 0 radical (unpaired) electrons. The zero-order valence-corrected chi connectivity index (χ0v) is 34.1. The van der Waals surface area contributed by atoms with Gasteiger partial charge in [0.1, 0.15) is 47.4 Å². The first kappa shape index (κ1) is 37.6. The molecule has 0 bridgehead atoms. The number of hydrogen-bond acceptors (Lipinski definition) is 7. The summed E-state index contributed by atoms with van der Waals surface area (Å²) in [7, 11) is 0. The first-order valence-corrected chi connectivity index (χ1v) is 21.4. The Hall–Kier alpha value is -7.16. The van der Waals surface area contributed by atoms with Gasteiger partial charge in [0.05, 0.1) is 24.0 Å². The zero-order valence-electron chi connectivity index (χ0n) is 34.1. The highest BCUT2D eigenvalue weighted by atomic mass is 16.6. The molecule has 7 nitrogen and oxygen atoms in total. The van der Waals surface area contributed by atoms with Gasteiger partial charge in [0.15, 0.2) is 0 Å². The van der Waals surface area contributed by atoms with Crippen molar-refractivity contribution < 1.29 is 34.6 Å². The highest BCUT2D eigenvalue weighted by Crippen LogP contribution is 2.62. The van der Waals surface area contributed by atoms with Gasteiger partial charge < -0.3 is 34.6 Å². The number of fused-ring (bicyclic) bond motifs is 6. The molecule has 0 aromatic heterocycles. The summed E-state index contributed by atoms with van der Waals surface area (Å²) in [4.78, 5) is 0. The molecule has 4 N–H and O–H groups in total. The Kier molecular flexibility index (Phi) is 8.47. The molecule has 308 valence electrons. The van der Waals surface area contributed by atoms with Crippen molar-refractivity contribution in [3.63, 3.8) is 0 Å². The Morgan fingerprint density at radius 3 is 1.03 bits per heavy atom. The van der Waals surface area contributed by atoms with Gasteiger partial charge >= 0.3 is 0 Å². The molecule has 2 aliphatic carbocycles. The molecule has 63 heavy (non-hydrogen) atoms. The SMILES string of the molecule is Oc1ccc(C2(c3ccc(O)cc3)c3ccccc3-c3cccc(C4OC4COCC4OC4c4cccc5c4C(c4ccc(O)cc4)(c4ccc(O)cc4)c4ccccc4-5)c32)cc1. The van der Waals surface area contributed by atoms with E-state index in [-0.39, 0.29) is 47.4 Å². The third-order valence-corrected chi connectivity index (χ3v) is 13.7. The molecule has 4 unspecified atom stereocenters. The second-order valence-electron chi connectivity index (χ2n) is 17.0. The zero-order chi connectivity index (χ0) is 42.5. The fourth-order valence-corrected chi connectivity index (χ4v) is 11.0. The molecule has 12 rings (SSSR count). The van der Waals surface area contributed by atoms with Gasteiger partial charge in [0.25, 0.3) is 0 Å². The van der Waals surface area contributed by atoms with Crippen LogP contribution in [0.15, 0.2) is 182 Å². The molecule has 4 atom stereocenters. The molecule has 2 heterocycles. The highest BCUT2D eigenvalue weighted by molar-refractivity contribution is 5.89. The van der Waals surface area contributed by atoms with Gasteiger partial charge in [-0.3, -0.25) is 0 Å². The summed E-state index contributed by atoms with van der Waals surface area (Å²) < 4.78 is 19.5. The van der Waals surface area contributed by atoms with Crippen LogP contribution in [0.5, 0.6) is 23.0 Å². The van der Waals surface area contributed by atoms with Crippen LogP contribution in [0.4, 0.5) is 0 Å². The quantitative estimate of drug-likeness (QED) is 0.102. The number of ether oxygens (including phenoxy) is 3. The molecule has 8 aromatic carbocycles. The van der Waals surface area contributed by atoms with E-state index in [0.717, 1.165) is 77.9 Å². The fourth-order valence-electron chi connectivity index (χ4n) is 11.0. The first-order valence-electron chi connectivity index (χ1n) is 21.4. The molecule has 7 heteroatoms. The van der Waals surface area contributed by atoms with Crippen LogP contribution in [-0.2, 0) is 25.0 Å². The summed E-state index contributed by atoms with van der Waals surface area (Å²) in [6, 6.07) is 59.7. The van der Waals surface area contributed by atoms with Crippen molar-refractivity contribution in [3.05, 3.63) is 238 Å². The van der Waals surface area contributed by atoms with Crippen molar-refractivity contribution in [1.82, 2.24) is 0 Å². The van der Waals surface area contributed by atoms with Crippen LogP contribution in [0.2, 0.25) is 0 Å². The summed E-state index contributed by atoms with van der Waals surface area (Å²) in [5.41, 5.74) is 13.8. The van der Waals surface area contributed by atoms with Crippen LogP contribution in [0.1, 0.15) is 67.8 Å². The normalized spacial score (nSPS) is 20.3. The predicted octanol–water partition coefficient (Wildman–Crippen LogP) is 10.8. The Bertz CT molecular complexity index is 2750. The van der Waals surface area contributed by atoms with E-state index in [1.165, 1.54) is 0 Å². The van der Waals surface area contributed by atoms with Crippen molar-refractivity contribution >= 4 is 0 Å². The van der Waals surface area contributed by atoms with E-state index < -0.39 is 10.8 Å². The first-order chi connectivity index (χ1) is 30.9. The summed E-state index contributed by atoms with van der Waals surface area (Å²) >= 11 is 0. The van der Waals surface area contributed by atoms with E-state index in [4.69, 9.17) is 14.2 Å². The van der Waals surface area contributed by atoms with Gasteiger partial charge in [-0.25, -0.2) is 0 Å². The largest absolute Gasteiger partial charge is 0.508 e. The van der Waals surface area contributed by atoms with E-state index in [1.54, 1.807) is 48.5 Å². The molecular weight excluding hydrogens is 785 g/mol. The average Bonchev–Trinajstić information content (AvgIpc) is 4.23. The number of aromatic hydroxyl groups is 4. The molecule has 2 fully saturated rings. The lowest BCUT2D eigenvalue weighted by atomic mass is 9.66. The molecule has 8 aromatic rings. The third kappa shape index (κ3) is 5.64. The molecule has 2 aliphatic heterocycles. The van der Waals surface area contributed by atoms with Crippen molar-refractivity contribution in [2.75, 3.05) is 13.2 Å². The van der Waals surface area contributed by atoms with Gasteiger partial charge in [-0.05, 0) is 126 Å². The maximum Gasteiger partial charge on any atom is 0.115 e. The van der Waals surface area contributed by atoms with E-state index in [0.29, 0.717) is 13.2 Å². The van der Waals surface area contributed by atoms with Crippen LogP contribution in [-0.4, -0.2) is 45.8 Å². The van der Waals surface area contributed by atoms with Crippen molar-refractivity contribution in [2.45, 2.75) is 35.2 Å². The Morgan fingerprint density at radius 1 is 0.365 bits per heavy atom. The van der Waals surface area contributed by atoms with Crippen molar-refractivity contribution in [2.24, 2.45) is 0 Å². The number of epoxide rings is 2. The minimum atomic E-state index is -0.735. The minimum Gasteiger partial charge on any atom is -0.508 e. The summed E-state index contributed by atoms with van der Waals surface area (Å²) in [5.74, 6) is 0.777. The van der Waals surface area contributed by atoms with Gasteiger partial charge in [-0.15, -0.1) is 0 Å². The van der Waals surface area contributed by atoms with Crippen molar-refractivity contribution in [1.29, 1.82) is 0 Å². The minimum absolute atomic E-state index is 0.165. The molecular formula is C56H42O7. The molecule has 0 amide bonds. The second kappa shape index (κ2) is 14.2. The Morgan fingerprint density at radius 2 is 0.683 bits per heavy atom. The van der Waals surface area contributed by atoms with Crippen LogP contribution < -0.4 is 0 Å².